The number of aliphatic hydroxyl groups excluding tert-OH is 1. The van der Waals surface area contributed by atoms with Crippen LogP contribution in [-0.4, -0.2) is 34.3 Å². The van der Waals surface area contributed by atoms with E-state index in [1.54, 1.807) is 24.3 Å². The summed E-state index contributed by atoms with van der Waals surface area (Å²) in [5.41, 5.74) is 2.85. The van der Waals surface area contributed by atoms with E-state index in [0.717, 1.165) is 5.56 Å². The van der Waals surface area contributed by atoms with Crippen LogP contribution in [-0.2, 0) is 6.42 Å². The molecule has 0 bridgehead atoms. The summed E-state index contributed by atoms with van der Waals surface area (Å²) >= 11 is 0. The quantitative estimate of drug-likeness (QED) is 0.127. The van der Waals surface area contributed by atoms with Crippen LogP contribution < -0.4 is 26.2 Å². The number of carbonyl (C=O) groups excluding carboxylic acids is 1. The van der Waals surface area contributed by atoms with Crippen LogP contribution in [0.5, 0.6) is 17.2 Å². The number of hydrogen-bond acceptors (Lipinski definition) is 6. The molecule has 0 saturated heterocycles. The van der Waals surface area contributed by atoms with Gasteiger partial charge in [0.05, 0.1) is 11.6 Å². The molecule has 0 unspecified atom stereocenters. The van der Waals surface area contributed by atoms with Crippen molar-refractivity contribution >= 4 is 28.3 Å². The fourth-order valence-electron chi connectivity index (χ4n) is 4.49. The van der Waals surface area contributed by atoms with Gasteiger partial charge in [-0.1, -0.05) is 42.5 Å². The Morgan fingerprint density at radius 2 is 1.56 bits per heavy atom. The molecule has 1 atom stereocenters. The maximum Gasteiger partial charge on any atom is 0.323 e. The first-order valence-corrected chi connectivity index (χ1v) is 13.2. The molecule has 208 valence electrons. The number of para-hydroxylation sites is 1. The van der Waals surface area contributed by atoms with Crippen LogP contribution in [0.2, 0.25) is 0 Å². The third kappa shape index (κ3) is 7.30. The number of carbonyl (C=O) groups is 1. The number of ether oxygens (including phenoxy) is 1. The van der Waals surface area contributed by atoms with Gasteiger partial charge in [0.25, 0.3) is 0 Å². The molecule has 9 nitrogen and oxygen atoms in total. The predicted molar refractivity (Wildman–Crippen MR) is 160 cm³/mol. The average molecular weight is 551 g/mol. The minimum Gasteiger partial charge on any atom is -0.506 e. The van der Waals surface area contributed by atoms with Gasteiger partial charge in [-0.2, -0.15) is 0 Å². The summed E-state index contributed by atoms with van der Waals surface area (Å²) in [6, 6.07) is 29.8. The van der Waals surface area contributed by atoms with Crippen molar-refractivity contribution in [2.45, 2.75) is 12.5 Å². The average Bonchev–Trinajstić information content (AvgIpc) is 2.96. The Morgan fingerprint density at radius 1 is 0.829 bits per heavy atom. The van der Waals surface area contributed by atoms with E-state index in [0.29, 0.717) is 52.3 Å². The van der Waals surface area contributed by atoms with Gasteiger partial charge < -0.3 is 35.9 Å². The zero-order valence-corrected chi connectivity index (χ0v) is 22.1. The summed E-state index contributed by atoms with van der Waals surface area (Å²) in [6.07, 6.45) is -0.163. The minimum absolute atomic E-state index is 0.0469. The van der Waals surface area contributed by atoms with E-state index in [1.165, 1.54) is 12.1 Å². The van der Waals surface area contributed by atoms with Gasteiger partial charge in [0.15, 0.2) is 0 Å². The van der Waals surface area contributed by atoms with Crippen molar-refractivity contribution < 1.29 is 19.7 Å². The molecule has 9 heteroatoms. The normalized spacial score (nSPS) is 11.6. The van der Waals surface area contributed by atoms with Crippen LogP contribution >= 0.6 is 0 Å². The number of rotatable bonds is 10. The molecule has 0 aliphatic carbocycles. The molecule has 1 heterocycles. The van der Waals surface area contributed by atoms with Crippen LogP contribution in [0.3, 0.4) is 0 Å². The number of aromatic amines is 1. The fraction of sp³-hybridized carbons (Fsp3) is 0.125. The highest BCUT2D eigenvalue weighted by Crippen LogP contribution is 2.28. The Bertz CT molecular complexity index is 1700. The molecule has 0 aliphatic rings. The molecule has 4 aromatic carbocycles. The zero-order chi connectivity index (χ0) is 28.6. The molecule has 5 rings (SSSR count). The number of aliphatic hydroxyl groups is 1. The molecule has 1 aromatic heterocycles. The standard InChI is InChI=1S/C32H30N4O5/c37-28-14-12-26(27-13-15-30(39)36-31(27)28)29(38)20-33-17-16-21-6-4-7-22(18-21)34-32(40)35-23-8-5-11-25(19-23)41-24-9-2-1-3-10-24/h1-15,18-19,29,33,37-38H,16-17,20H2,(H,36,39)(H2,34,35,40)/t29-/m1/s1. The highest BCUT2D eigenvalue weighted by molar-refractivity contribution is 5.99. The van der Waals surface area contributed by atoms with Crippen LogP contribution in [0.25, 0.3) is 10.9 Å². The molecule has 2 amide bonds. The number of H-pyrrole nitrogens is 1. The molecule has 0 aliphatic heterocycles. The Hall–Kier alpha value is -5.12. The highest BCUT2D eigenvalue weighted by Gasteiger charge is 2.14. The van der Waals surface area contributed by atoms with E-state index in [9.17, 15) is 19.8 Å². The van der Waals surface area contributed by atoms with Crippen molar-refractivity contribution in [1.82, 2.24) is 10.3 Å². The van der Waals surface area contributed by atoms with Crippen molar-refractivity contribution in [3.05, 3.63) is 125 Å². The van der Waals surface area contributed by atoms with E-state index in [4.69, 9.17) is 4.74 Å². The second-order valence-electron chi connectivity index (χ2n) is 9.48. The van der Waals surface area contributed by atoms with Gasteiger partial charge in [-0.25, -0.2) is 4.79 Å². The number of aromatic nitrogens is 1. The van der Waals surface area contributed by atoms with Crippen molar-refractivity contribution in [2.24, 2.45) is 0 Å². The smallest absolute Gasteiger partial charge is 0.323 e. The number of phenolic OH excluding ortho intramolecular Hbond substituents is 1. The van der Waals surface area contributed by atoms with Gasteiger partial charge in [0.2, 0.25) is 5.56 Å². The van der Waals surface area contributed by atoms with Crippen LogP contribution in [0, 0.1) is 0 Å². The molecule has 41 heavy (non-hydrogen) atoms. The van der Waals surface area contributed by atoms with Gasteiger partial charge in [-0.05, 0) is 72.6 Å². The van der Waals surface area contributed by atoms with Gasteiger partial charge >= 0.3 is 6.03 Å². The number of fused-ring (bicyclic) bond motifs is 1. The van der Waals surface area contributed by atoms with Crippen molar-refractivity contribution in [2.75, 3.05) is 23.7 Å². The fourth-order valence-corrected chi connectivity index (χ4v) is 4.49. The van der Waals surface area contributed by atoms with Gasteiger partial charge in [-0.3, -0.25) is 4.79 Å². The van der Waals surface area contributed by atoms with Gasteiger partial charge in [-0.15, -0.1) is 0 Å². The first-order valence-electron chi connectivity index (χ1n) is 13.2. The molecule has 5 aromatic rings. The van der Waals surface area contributed by atoms with Crippen molar-refractivity contribution in [1.29, 1.82) is 0 Å². The van der Waals surface area contributed by atoms with Gasteiger partial charge in [0.1, 0.15) is 17.2 Å². The Balaban J connectivity index is 1.11. The summed E-state index contributed by atoms with van der Waals surface area (Å²) in [5.74, 6) is 1.28. The number of phenols is 1. The summed E-state index contributed by atoms with van der Waals surface area (Å²) in [7, 11) is 0. The molecule has 0 radical (unpaired) electrons. The predicted octanol–water partition coefficient (Wildman–Crippen LogP) is 5.54. The summed E-state index contributed by atoms with van der Waals surface area (Å²) < 4.78 is 5.83. The molecule has 0 saturated carbocycles. The minimum atomic E-state index is -0.836. The Morgan fingerprint density at radius 3 is 2.37 bits per heavy atom. The third-order valence-electron chi connectivity index (χ3n) is 6.45. The number of urea groups is 1. The van der Waals surface area contributed by atoms with E-state index in [1.807, 2.05) is 66.7 Å². The number of hydrogen-bond donors (Lipinski definition) is 6. The number of pyridine rings is 1. The Labute approximate surface area is 236 Å². The van der Waals surface area contributed by atoms with Crippen molar-refractivity contribution in [3.63, 3.8) is 0 Å². The largest absolute Gasteiger partial charge is 0.506 e. The molecular weight excluding hydrogens is 520 g/mol. The lowest BCUT2D eigenvalue weighted by Gasteiger charge is -2.15. The van der Waals surface area contributed by atoms with Gasteiger partial charge in [0, 0.05) is 35.4 Å². The summed E-state index contributed by atoms with van der Waals surface area (Å²) in [6.45, 7) is 0.875. The number of benzene rings is 4. The maximum atomic E-state index is 12.6. The van der Waals surface area contributed by atoms with E-state index in [-0.39, 0.29) is 23.9 Å². The second-order valence-corrected chi connectivity index (χ2v) is 9.48. The molecular formula is C32H30N4O5. The van der Waals surface area contributed by atoms with E-state index in [2.05, 4.69) is 20.9 Å². The highest BCUT2D eigenvalue weighted by atomic mass is 16.5. The van der Waals surface area contributed by atoms with Crippen LogP contribution in [0.1, 0.15) is 17.2 Å². The number of nitrogens with one attached hydrogen (secondary N) is 4. The summed E-state index contributed by atoms with van der Waals surface area (Å²) in [4.78, 5) is 26.9. The molecule has 0 spiro atoms. The second kappa shape index (κ2) is 12.8. The first kappa shape index (κ1) is 27.4. The number of aromatic hydroxyl groups is 1. The lowest BCUT2D eigenvalue weighted by Crippen LogP contribution is -2.24. The monoisotopic (exact) mass is 550 g/mol. The molecule has 6 N–H and O–H groups in total. The first-order chi connectivity index (χ1) is 19.9. The zero-order valence-electron chi connectivity index (χ0n) is 22.1. The van der Waals surface area contributed by atoms with E-state index >= 15 is 0 Å². The number of amides is 2. The Kier molecular flexibility index (Phi) is 8.58. The third-order valence-corrected chi connectivity index (χ3v) is 6.45. The van der Waals surface area contributed by atoms with Crippen LogP contribution in [0.4, 0.5) is 16.2 Å². The lowest BCUT2D eigenvalue weighted by molar-refractivity contribution is 0.176. The van der Waals surface area contributed by atoms with Crippen LogP contribution in [0.15, 0.2) is 108 Å². The molecule has 0 fully saturated rings. The SMILES string of the molecule is O=C(Nc1cccc(CCNC[C@@H](O)c2ccc(O)c3[nH]c(=O)ccc23)c1)Nc1cccc(Oc2ccccc2)c1. The maximum absolute atomic E-state index is 12.6. The van der Waals surface area contributed by atoms with E-state index < -0.39 is 6.10 Å². The number of anilines is 2. The lowest BCUT2D eigenvalue weighted by atomic mass is 10.0. The summed E-state index contributed by atoms with van der Waals surface area (Å²) in [5, 5.41) is 30.3. The topological polar surface area (TPSA) is 136 Å². The van der Waals surface area contributed by atoms with Crippen molar-refractivity contribution in [3.8, 4) is 17.2 Å².